The molecule has 1 amide bonds. The molecule has 0 atom stereocenters. The molecule has 2 aromatic rings. The van der Waals surface area contributed by atoms with Gasteiger partial charge in [-0.25, -0.2) is 9.37 Å². The van der Waals surface area contributed by atoms with Crippen molar-refractivity contribution in [2.24, 2.45) is 5.41 Å². The van der Waals surface area contributed by atoms with Crippen molar-refractivity contribution in [2.45, 2.75) is 46.6 Å². The molecule has 0 radical (unpaired) electrons. The minimum absolute atomic E-state index is 0. The lowest BCUT2D eigenvalue weighted by Crippen LogP contribution is -2.39. The van der Waals surface area contributed by atoms with Gasteiger partial charge in [0, 0.05) is 29.6 Å². The van der Waals surface area contributed by atoms with E-state index in [0.717, 1.165) is 23.9 Å². The highest BCUT2D eigenvalue weighted by molar-refractivity contribution is 7.13. The molecule has 27 heavy (non-hydrogen) atoms. The number of aromatic nitrogens is 1. The molecule has 0 saturated carbocycles. The molecule has 1 aromatic carbocycles. The second kappa shape index (κ2) is 9.02. The molecule has 1 aliphatic rings. The van der Waals surface area contributed by atoms with Crippen LogP contribution in [0.25, 0.3) is 0 Å². The van der Waals surface area contributed by atoms with E-state index < -0.39 is 5.41 Å². The zero-order valence-corrected chi connectivity index (χ0v) is 17.7. The molecule has 0 spiro atoms. The van der Waals surface area contributed by atoms with Crippen molar-refractivity contribution in [1.29, 1.82) is 0 Å². The summed E-state index contributed by atoms with van der Waals surface area (Å²) in [5.41, 5.74) is 1.04. The average molecular weight is 412 g/mol. The van der Waals surface area contributed by atoms with Gasteiger partial charge in [-0.2, -0.15) is 0 Å². The van der Waals surface area contributed by atoms with Crippen molar-refractivity contribution >= 4 is 40.5 Å². The summed E-state index contributed by atoms with van der Waals surface area (Å²) in [6, 6.07) is 6.07. The van der Waals surface area contributed by atoms with Gasteiger partial charge < -0.3 is 9.80 Å². The average Bonchev–Trinajstić information content (AvgIpc) is 3.09. The molecule has 1 fully saturated rings. The van der Waals surface area contributed by atoms with Gasteiger partial charge in [0.2, 0.25) is 5.91 Å². The highest BCUT2D eigenvalue weighted by atomic mass is 35.5. The second-order valence-corrected chi connectivity index (χ2v) is 8.62. The Labute approximate surface area is 170 Å². The van der Waals surface area contributed by atoms with Crippen LogP contribution in [0.15, 0.2) is 29.6 Å². The first-order valence-corrected chi connectivity index (χ1v) is 9.99. The third kappa shape index (κ3) is 5.42. The van der Waals surface area contributed by atoms with Crippen LogP contribution >= 0.6 is 23.7 Å². The summed E-state index contributed by atoms with van der Waals surface area (Å²) in [5, 5.41) is 3.05. The number of anilines is 2. The molecule has 4 nitrogen and oxygen atoms in total. The van der Waals surface area contributed by atoms with Gasteiger partial charge in [-0.1, -0.05) is 20.8 Å². The molecule has 148 valence electrons. The van der Waals surface area contributed by atoms with Gasteiger partial charge in [0.15, 0.2) is 5.13 Å². The van der Waals surface area contributed by atoms with Crippen LogP contribution in [0, 0.1) is 11.2 Å². The molecule has 1 aromatic heterocycles. The van der Waals surface area contributed by atoms with E-state index in [1.165, 1.54) is 31.4 Å². The van der Waals surface area contributed by atoms with Gasteiger partial charge in [0.25, 0.3) is 0 Å². The third-order valence-electron chi connectivity index (χ3n) is 4.51. The van der Waals surface area contributed by atoms with Crippen LogP contribution in [0.4, 0.5) is 15.2 Å². The fraction of sp³-hybridized carbons (Fsp3) is 0.500. The van der Waals surface area contributed by atoms with E-state index in [2.05, 4.69) is 4.90 Å². The zero-order valence-electron chi connectivity index (χ0n) is 16.1. The largest absolute Gasteiger partial charge is 0.348 e. The number of benzene rings is 1. The first kappa shape index (κ1) is 21.6. The molecular formula is C20H27ClFN3OS. The van der Waals surface area contributed by atoms with Gasteiger partial charge in [-0.3, -0.25) is 4.79 Å². The molecule has 1 saturated heterocycles. The summed E-state index contributed by atoms with van der Waals surface area (Å²) in [6.07, 6.45) is 3.70. The third-order valence-corrected chi connectivity index (χ3v) is 5.46. The Balaban J connectivity index is 0.00000261. The molecule has 2 heterocycles. The van der Waals surface area contributed by atoms with Crippen LogP contribution in [-0.4, -0.2) is 24.0 Å². The minimum Gasteiger partial charge on any atom is -0.348 e. The predicted molar refractivity (Wildman–Crippen MR) is 112 cm³/mol. The highest BCUT2D eigenvalue weighted by Gasteiger charge is 2.29. The Bertz CT molecular complexity index is 751. The van der Waals surface area contributed by atoms with E-state index in [4.69, 9.17) is 4.98 Å². The Hall–Kier alpha value is -1.66. The smallest absolute Gasteiger partial charge is 0.232 e. The van der Waals surface area contributed by atoms with Crippen LogP contribution in [-0.2, 0) is 11.3 Å². The number of hydrogen-bond acceptors (Lipinski definition) is 4. The number of nitrogens with zero attached hydrogens (tertiary/aromatic N) is 3. The molecule has 1 aliphatic heterocycles. The van der Waals surface area contributed by atoms with Gasteiger partial charge in [0.1, 0.15) is 5.82 Å². The lowest BCUT2D eigenvalue weighted by Gasteiger charge is -2.29. The topological polar surface area (TPSA) is 36.4 Å². The van der Waals surface area contributed by atoms with Crippen LogP contribution in [0.2, 0.25) is 0 Å². The maximum absolute atomic E-state index is 13.3. The van der Waals surface area contributed by atoms with Crippen molar-refractivity contribution in [3.8, 4) is 0 Å². The maximum atomic E-state index is 13.3. The molecule has 0 aliphatic carbocycles. The molecule has 0 N–H and O–H groups in total. The summed E-state index contributed by atoms with van der Waals surface area (Å²) in [6.45, 7) is 8.18. The maximum Gasteiger partial charge on any atom is 0.232 e. The monoisotopic (exact) mass is 411 g/mol. The van der Waals surface area contributed by atoms with Crippen molar-refractivity contribution in [2.75, 3.05) is 22.9 Å². The fourth-order valence-corrected chi connectivity index (χ4v) is 3.94. The number of rotatable bonds is 4. The summed E-state index contributed by atoms with van der Waals surface area (Å²) in [4.78, 5) is 21.7. The van der Waals surface area contributed by atoms with Gasteiger partial charge >= 0.3 is 0 Å². The van der Waals surface area contributed by atoms with E-state index in [9.17, 15) is 9.18 Å². The first-order valence-electron chi connectivity index (χ1n) is 9.11. The Morgan fingerprint density at radius 1 is 1.19 bits per heavy atom. The van der Waals surface area contributed by atoms with Crippen molar-refractivity contribution in [3.05, 3.63) is 41.2 Å². The van der Waals surface area contributed by atoms with Crippen LogP contribution in [0.5, 0.6) is 0 Å². The van der Waals surface area contributed by atoms with Crippen LogP contribution in [0.3, 0.4) is 0 Å². The molecule has 0 bridgehead atoms. The number of thiazole rings is 1. The second-order valence-electron chi connectivity index (χ2n) is 7.79. The van der Waals surface area contributed by atoms with E-state index in [1.807, 2.05) is 26.2 Å². The van der Waals surface area contributed by atoms with Crippen molar-refractivity contribution in [1.82, 2.24) is 4.98 Å². The lowest BCUT2D eigenvalue weighted by molar-refractivity contribution is -0.125. The van der Waals surface area contributed by atoms with Crippen molar-refractivity contribution in [3.63, 3.8) is 0 Å². The standard InChI is InChI=1S/C20H26FN3OS.ClH/c1-20(2,3)18(25)24(17-9-7-15(21)8-10-17)13-16-14-26-19(22-16)23-11-5-4-6-12-23;/h7-10,14H,4-6,11-13H2,1-3H3;1H. The normalized spacial score (nSPS) is 14.6. The number of carbonyl (C=O) groups excluding carboxylic acids is 1. The number of carbonyl (C=O) groups is 1. The Morgan fingerprint density at radius 2 is 1.81 bits per heavy atom. The fourth-order valence-electron chi connectivity index (χ4n) is 3.07. The van der Waals surface area contributed by atoms with E-state index >= 15 is 0 Å². The van der Waals surface area contributed by atoms with E-state index in [0.29, 0.717) is 12.2 Å². The van der Waals surface area contributed by atoms with Crippen LogP contribution < -0.4 is 9.80 Å². The number of halogens is 2. The Kier molecular flexibility index (Phi) is 7.23. The SMILES string of the molecule is CC(C)(C)C(=O)N(Cc1csc(N2CCCCC2)n1)c1ccc(F)cc1.Cl. The number of amides is 1. The molecule has 3 rings (SSSR count). The number of hydrogen-bond donors (Lipinski definition) is 0. The predicted octanol–water partition coefficient (Wildman–Crippen LogP) is 5.27. The lowest BCUT2D eigenvalue weighted by atomic mass is 9.94. The van der Waals surface area contributed by atoms with Gasteiger partial charge in [0.05, 0.1) is 12.2 Å². The summed E-state index contributed by atoms with van der Waals surface area (Å²) < 4.78 is 13.3. The summed E-state index contributed by atoms with van der Waals surface area (Å²) >= 11 is 1.63. The Morgan fingerprint density at radius 3 is 2.41 bits per heavy atom. The molecule has 7 heteroatoms. The van der Waals surface area contributed by atoms with Gasteiger partial charge in [-0.05, 0) is 43.5 Å². The summed E-state index contributed by atoms with van der Waals surface area (Å²) in [5.74, 6) is -0.311. The van der Waals surface area contributed by atoms with Crippen molar-refractivity contribution < 1.29 is 9.18 Å². The zero-order chi connectivity index (χ0) is 18.7. The number of piperidine rings is 1. The first-order chi connectivity index (χ1) is 12.3. The minimum atomic E-state index is -0.528. The van der Waals surface area contributed by atoms with E-state index in [1.54, 1.807) is 28.4 Å². The quantitative estimate of drug-likeness (QED) is 0.687. The summed E-state index contributed by atoms with van der Waals surface area (Å²) in [7, 11) is 0. The van der Waals surface area contributed by atoms with Gasteiger partial charge in [-0.15, -0.1) is 23.7 Å². The molecule has 0 unspecified atom stereocenters. The van der Waals surface area contributed by atoms with E-state index in [-0.39, 0.29) is 24.1 Å². The molecular weight excluding hydrogens is 385 g/mol. The van der Waals surface area contributed by atoms with Crippen LogP contribution in [0.1, 0.15) is 45.7 Å². The highest BCUT2D eigenvalue weighted by Crippen LogP contribution is 2.28.